The zero-order valence-electron chi connectivity index (χ0n) is 11.4. The smallest absolute Gasteiger partial charge is 0.280 e. The fourth-order valence-corrected chi connectivity index (χ4v) is 3.48. The van der Waals surface area contributed by atoms with Crippen molar-refractivity contribution in [3.8, 4) is 0 Å². The number of carbonyl (C=O) groups is 1. The first kappa shape index (κ1) is 11.0. The van der Waals surface area contributed by atoms with Gasteiger partial charge in [-0.2, -0.15) is 0 Å². The van der Waals surface area contributed by atoms with Gasteiger partial charge in [-0.1, -0.05) is 0 Å². The van der Waals surface area contributed by atoms with Gasteiger partial charge in [0.2, 0.25) is 5.96 Å². The summed E-state index contributed by atoms with van der Waals surface area (Å²) in [4.78, 5) is 25.7. The van der Waals surface area contributed by atoms with Crippen LogP contribution in [0.4, 0.5) is 5.82 Å². The van der Waals surface area contributed by atoms with Crippen molar-refractivity contribution in [3.63, 3.8) is 0 Å². The molecule has 3 heterocycles. The number of anilines is 1. The maximum Gasteiger partial charge on any atom is 0.280 e. The van der Waals surface area contributed by atoms with Gasteiger partial charge in [0.1, 0.15) is 5.82 Å². The number of nitrogens with zero attached hydrogens (tertiary/aromatic N) is 5. The van der Waals surface area contributed by atoms with Crippen LogP contribution in [0.1, 0.15) is 35.6 Å². The van der Waals surface area contributed by atoms with E-state index in [2.05, 4.69) is 9.88 Å². The molecule has 6 nitrogen and oxygen atoms in total. The van der Waals surface area contributed by atoms with Gasteiger partial charge in [-0.05, 0) is 26.2 Å². The average Bonchev–Trinajstić information content (AvgIpc) is 3.01. The third-order valence-corrected chi connectivity index (χ3v) is 4.61. The highest BCUT2D eigenvalue weighted by Crippen LogP contribution is 2.39. The first-order valence-corrected chi connectivity index (χ1v) is 6.78. The largest absolute Gasteiger partial charge is 0.325 e. The number of carbonyl (C=O) groups excluding carboxylic acids is 1. The number of guanidine groups is 1. The van der Waals surface area contributed by atoms with Crippen LogP contribution < -0.4 is 4.90 Å². The highest BCUT2D eigenvalue weighted by molar-refractivity contribution is 6.18. The molecule has 0 saturated heterocycles. The van der Waals surface area contributed by atoms with Gasteiger partial charge in [0.25, 0.3) is 5.91 Å². The minimum absolute atomic E-state index is 0.00641. The second-order valence-electron chi connectivity index (χ2n) is 5.62. The SMILES string of the molecule is Cc1nc2c(n1C)C(=O)N(C)C1=NC3CCCC3N12. The summed E-state index contributed by atoms with van der Waals surface area (Å²) in [7, 11) is 3.71. The number of aliphatic imine (C=N–C) groups is 1. The molecule has 6 heteroatoms. The monoisotopic (exact) mass is 259 g/mol. The van der Waals surface area contributed by atoms with E-state index in [9.17, 15) is 4.79 Å². The second kappa shape index (κ2) is 3.37. The number of fused-ring (bicyclic) bond motifs is 5. The molecule has 1 saturated carbocycles. The summed E-state index contributed by atoms with van der Waals surface area (Å²) in [6.07, 6.45) is 3.46. The molecule has 1 fully saturated rings. The van der Waals surface area contributed by atoms with Crippen molar-refractivity contribution in [1.82, 2.24) is 14.5 Å². The fourth-order valence-electron chi connectivity index (χ4n) is 3.48. The molecule has 0 aromatic carbocycles. The first-order chi connectivity index (χ1) is 9.09. The fraction of sp³-hybridized carbons (Fsp3) is 0.615. The van der Waals surface area contributed by atoms with E-state index < -0.39 is 0 Å². The lowest BCUT2D eigenvalue weighted by Gasteiger charge is -2.34. The first-order valence-electron chi connectivity index (χ1n) is 6.78. The Labute approximate surface area is 111 Å². The van der Waals surface area contributed by atoms with Crippen molar-refractivity contribution >= 4 is 17.7 Å². The lowest BCUT2D eigenvalue weighted by Crippen LogP contribution is -2.51. The normalized spacial score (nSPS) is 28.4. The summed E-state index contributed by atoms with van der Waals surface area (Å²) in [6, 6.07) is 0.720. The molecular formula is C13H17N5O. The van der Waals surface area contributed by atoms with Crippen LogP contribution in [0.3, 0.4) is 0 Å². The molecular weight excluding hydrogens is 242 g/mol. The van der Waals surface area contributed by atoms with E-state index in [4.69, 9.17) is 4.99 Å². The van der Waals surface area contributed by atoms with Crippen molar-refractivity contribution in [2.24, 2.45) is 12.0 Å². The second-order valence-corrected chi connectivity index (χ2v) is 5.62. The molecule has 0 spiro atoms. The molecule has 19 heavy (non-hydrogen) atoms. The average molecular weight is 259 g/mol. The van der Waals surface area contributed by atoms with Gasteiger partial charge in [-0.25, -0.2) is 9.98 Å². The standard InChI is InChI=1S/C13H17N5O/c1-7-14-11-10(16(7)2)12(19)17(3)13-15-8-5-4-6-9(8)18(11)13/h8-9H,4-6H2,1-3H3. The van der Waals surface area contributed by atoms with Gasteiger partial charge >= 0.3 is 0 Å². The zero-order valence-corrected chi connectivity index (χ0v) is 11.4. The molecule has 1 aromatic rings. The maximum atomic E-state index is 12.5. The van der Waals surface area contributed by atoms with Gasteiger partial charge in [0, 0.05) is 14.1 Å². The van der Waals surface area contributed by atoms with Crippen molar-refractivity contribution < 1.29 is 4.79 Å². The van der Waals surface area contributed by atoms with E-state index in [-0.39, 0.29) is 5.91 Å². The van der Waals surface area contributed by atoms with Crippen molar-refractivity contribution in [3.05, 3.63) is 11.5 Å². The van der Waals surface area contributed by atoms with E-state index in [1.54, 1.807) is 11.9 Å². The third kappa shape index (κ3) is 1.19. The van der Waals surface area contributed by atoms with Crippen molar-refractivity contribution in [2.45, 2.75) is 38.3 Å². The molecule has 2 aliphatic heterocycles. The minimum Gasteiger partial charge on any atom is -0.325 e. The van der Waals surface area contributed by atoms with Crippen LogP contribution >= 0.6 is 0 Å². The van der Waals surface area contributed by atoms with Crippen LogP contribution in [0.15, 0.2) is 4.99 Å². The minimum atomic E-state index is -0.00641. The summed E-state index contributed by atoms with van der Waals surface area (Å²) in [5, 5.41) is 0. The molecule has 1 aliphatic carbocycles. The number of imidazole rings is 1. The highest BCUT2D eigenvalue weighted by Gasteiger charge is 2.48. The molecule has 4 rings (SSSR count). The lowest BCUT2D eigenvalue weighted by molar-refractivity contribution is 0.0855. The number of hydrogen-bond donors (Lipinski definition) is 0. The Morgan fingerprint density at radius 1 is 1.26 bits per heavy atom. The zero-order chi connectivity index (χ0) is 13.3. The number of aromatic nitrogens is 2. The van der Waals surface area contributed by atoms with Gasteiger partial charge in [-0.15, -0.1) is 0 Å². The van der Waals surface area contributed by atoms with Crippen LogP contribution in [0.25, 0.3) is 0 Å². The van der Waals surface area contributed by atoms with Gasteiger partial charge < -0.3 is 4.57 Å². The quantitative estimate of drug-likeness (QED) is 0.696. The molecule has 2 atom stereocenters. The van der Waals surface area contributed by atoms with E-state index in [0.717, 1.165) is 30.4 Å². The molecule has 0 N–H and O–H groups in total. The molecule has 100 valence electrons. The molecule has 0 radical (unpaired) electrons. The van der Waals surface area contributed by atoms with Crippen molar-refractivity contribution in [2.75, 3.05) is 11.9 Å². The van der Waals surface area contributed by atoms with Crippen LogP contribution in [0.5, 0.6) is 0 Å². The Morgan fingerprint density at radius 2 is 2.05 bits per heavy atom. The summed E-state index contributed by atoms with van der Waals surface area (Å²) in [5.41, 5.74) is 0.687. The van der Waals surface area contributed by atoms with Crippen LogP contribution in [-0.2, 0) is 7.05 Å². The maximum absolute atomic E-state index is 12.5. The highest BCUT2D eigenvalue weighted by atomic mass is 16.2. The molecule has 1 amide bonds. The Bertz CT molecular complexity index is 617. The summed E-state index contributed by atoms with van der Waals surface area (Å²) < 4.78 is 1.88. The van der Waals surface area contributed by atoms with Crippen LogP contribution in [-0.4, -0.2) is 45.4 Å². The number of aryl methyl sites for hydroxylation is 1. The van der Waals surface area contributed by atoms with E-state index in [1.807, 2.05) is 18.5 Å². The number of hydrogen-bond acceptors (Lipinski definition) is 4. The Morgan fingerprint density at radius 3 is 2.84 bits per heavy atom. The topological polar surface area (TPSA) is 53.7 Å². The lowest BCUT2D eigenvalue weighted by atomic mass is 10.1. The van der Waals surface area contributed by atoms with E-state index >= 15 is 0 Å². The van der Waals surface area contributed by atoms with E-state index in [0.29, 0.717) is 17.8 Å². The summed E-state index contributed by atoms with van der Waals surface area (Å²) >= 11 is 0. The van der Waals surface area contributed by atoms with Crippen molar-refractivity contribution in [1.29, 1.82) is 0 Å². The Kier molecular flexibility index (Phi) is 1.96. The van der Waals surface area contributed by atoms with Gasteiger partial charge in [0.05, 0.1) is 12.1 Å². The number of amides is 1. The number of rotatable bonds is 0. The summed E-state index contributed by atoms with van der Waals surface area (Å²) in [5.74, 6) is 2.45. The predicted octanol–water partition coefficient (Wildman–Crippen LogP) is 0.911. The molecule has 2 unspecified atom stereocenters. The summed E-state index contributed by atoms with van der Waals surface area (Å²) in [6.45, 7) is 1.94. The van der Waals surface area contributed by atoms with Crippen LogP contribution in [0, 0.1) is 6.92 Å². The molecule has 3 aliphatic rings. The third-order valence-electron chi connectivity index (χ3n) is 4.61. The van der Waals surface area contributed by atoms with Gasteiger partial charge in [0.15, 0.2) is 11.5 Å². The molecule has 0 bridgehead atoms. The Balaban J connectivity index is 1.94. The van der Waals surface area contributed by atoms with Crippen LogP contribution in [0.2, 0.25) is 0 Å². The Hall–Kier alpha value is -1.85. The predicted molar refractivity (Wildman–Crippen MR) is 71.4 cm³/mol. The van der Waals surface area contributed by atoms with Gasteiger partial charge in [-0.3, -0.25) is 14.6 Å². The molecule has 1 aromatic heterocycles. The van der Waals surface area contributed by atoms with E-state index in [1.165, 1.54) is 6.42 Å².